The number of rotatable bonds is 7. The van der Waals surface area contributed by atoms with Gasteiger partial charge in [0.1, 0.15) is 0 Å². The van der Waals surface area contributed by atoms with E-state index < -0.39 is 8.07 Å². The highest BCUT2D eigenvalue weighted by molar-refractivity contribution is 6.80. The van der Waals surface area contributed by atoms with E-state index in [9.17, 15) is 0 Å². The molecule has 15 heavy (non-hydrogen) atoms. The summed E-state index contributed by atoms with van der Waals surface area (Å²) in [5, 5.41) is 9.04. The molecule has 0 unspecified atom stereocenters. The van der Waals surface area contributed by atoms with E-state index in [1.165, 1.54) is 12.5 Å². The zero-order valence-corrected chi connectivity index (χ0v) is 12.1. The summed E-state index contributed by atoms with van der Waals surface area (Å²) in [6, 6.07) is 1.37. The lowest BCUT2D eigenvalue weighted by molar-refractivity contribution is 0.0904. The lowest BCUT2D eigenvalue weighted by Gasteiger charge is -2.37. The molecule has 0 aromatic heterocycles. The number of unbranched alkanes of at least 4 members (excludes halogenated alkanes) is 1. The minimum Gasteiger partial charge on any atom is -0.394 e. The van der Waals surface area contributed by atoms with Crippen LogP contribution >= 0.6 is 0 Å². The van der Waals surface area contributed by atoms with E-state index in [-0.39, 0.29) is 6.61 Å². The maximum absolute atomic E-state index is 8.54. The molecule has 0 bridgehead atoms. The quantitative estimate of drug-likeness (QED) is 0.539. The molecule has 0 radical (unpaired) electrons. The van der Waals surface area contributed by atoms with Gasteiger partial charge in [0.15, 0.2) is 0 Å². The number of ether oxygens (including phenoxy) is 1. The number of hydrogen-bond donors (Lipinski definition) is 1. The summed E-state index contributed by atoms with van der Waals surface area (Å²) < 4.78 is 5.25. The molecule has 0 aliphatic rings. The van der Waals surface area contributed by atoms with Crippen LogP contribution in [0.3, 0.4) is 0 Å². The first-order valence-corrected chi connectivity index (χ1v) is 9.20. The van der Waals surface area contributed by atoms with Crippen LogP contribution in [0, 0.1) is 0 Å². The number of hydrogen-bond acceptors (Lipinski definition) is 2. The van der Waals surface area contributed by atoms with Crippen LogP contribution in [0.2, 0.25) is 24.2 Å². The monoisotopic (exact) mass is 232 g/mol. The Bertz CT molecular complexity index is 161. The van der Waals surface area contributed by atoms with Crippen LogP contribution in [0.25, 0.3) is 0 Å². The second-order valence-corrected chi connectivity index (χ2v) is 11.7. The molecule has 0 aliphatic carbocycles. The topological polar surface area (TPSA) is 29.5 Å². The first-order valence-electron chi connectivity index (χ1n) is 6.00. The van der Waals surface area contributed by atoms with Gasteiger partial charge in [0.05, 0.1) is 21.3 Å². The zero-order valence-electron chi connectivity index (χ0n) is 11.1. The zero-order chi connectivity index (χ0) is 11.9. The van der Waals surface area contributed by atoms with E-state index in [2.05, 4.69) is 33.9 Å². The largest absolute Gasteiger partial charge is 0.394 e. The third-order valence-electron chi connectivity index (χ3n) is 3.61. The summed E-state index contributed by atoms with van der Waals surface area (Å²) in [4.78, 5) is 0. The van der Waals surface area contributed by atoms with Gasteiger partial charge in [-0.3, -0.25) is 0 Å². The lowest BCUT2D eigenvalue weighted by Crippen LogP contribution is -2.36. The summed E-state index contributed by atoms with van der Waals surface area (Å²) >= 11 is 0. The average molecular weight is 232 g/mol. The van der Waals surface area contributed by atoms with Crippen LogP contribution in [0.4, 0.5) is 0 Å². The van der Waals surface area contributed by atoms with Crippen molar-refractivity contribution in [2.45, 2.75) is 57.8 Å². The minimum absolute atomic E-state index is 0.141. The Morgan fingerprint density at radius 1 is 1.07 bits per heavy atom. The Morgan fingerprint density at radius 2 is 1.67 bits per heavy atom. The van der Waals surface area contributed by atoms with E-state index >= 15 is 0 Å². The fourth-order valence-corrected chi connectivity index (χ4v) is 3.20. The van der Waals surface area contributed by atoms with Crippen molar-refractivity contribution in [3.8, 4) is 0 Å². The predicted molar refractivity (Wildman–Crippen MR) is 69.1 cm³/mol. The van der Waals surface area contributed by atoms with Crippen molar-refractivity contribution in [1.29, 1.82) is 0 Å². The maximum Gasteiger partial charge on any atom is 0.0697 e. The van der Waals surface area contributed by atoms with Crippen LogP contribution in [0.15, 0.2) is 0 Å². The molecule has 0 atom stereocenters. The molecular formula is C12H28O2Si. The Kier molecular flexibility index (Phi) is 6.72. The van der Waals surface area contributed by atoms with Crippen LogP contribution in [0.1, 0.15) is 33.6 Å². The molecule has 0 saturated carbocycles. The second-order valence-electron chi connectivity index (χ2n) is 5.93. The first kappa shape index (κ1) is 15.1. The molecule has 1 N–H and O–H groups in total. The van der Waals surface area contributed by atoms with Crippen molar-refractivity contribution in [1.82, 2.24) is 0 Å². The SMILES string of the molecule is CC(C)(C)[Si](C)(C)CCCCOCCO. The normalized spacial score (nSPS) is 13.2. The summed E-state index contributed by atoms with van der Waals surface area (Å²) in [5.74, 6) is 0. The van der Waals surface area contributed by atoms with Crippen LogP contribution in [-0.2, 0) is 4.74 Å². The molecule has 0 heterocycles. The van der Waals surface area contributed by atoms with Crippen LogP contribution in [-0.4, -0.2) is 33.0 Å². The molecule has 0 aromatic carbocycles. The van der Waals surface area contributed by atoms with Gasteiger partial charge in [-0.1, -0.05) is 46.3 Å². The van der Waals surface area contributed by atoms with Gasteiger partial charge in [-0.25, -0.2) is 0 Å². The first-order chi connectivity index (χ1) is 6.81. The van der Waals surface area contributed by atoms with Gasteiger partial charge in [-0.15, -0.1) is 0 Å². The van der Waals surface area contributed by atoms with E-state index in [1.807, 2.05) is 0 Å². The summed E-state index contributed by atoms with van der Waals surface area (Å²) in [5.41, 5.74) is 0. The summed E-state index contributed by atoms with van der Waals surface area (Å²) in [6.45, 7) is 13.5. The van der Waals surface area contributed by atoms with Crippen molar-refractivity contribution in [2.75, 3.05) is 19.8 Å². The molecule has 0 aromatic rings. The Labute approximate surface area is 96.0 Å². The summed E-state index contributed by atoms with van der Waals surface area (Å²) in [7, 11) is -1.08. The second kappa shape index (κ2) is 6.66. The highest BCUT2D eigenvalue weighted by Gasteiger charge is 2.33. The van der Waals surface area contributed by atoms with Crippen molar-refractivity contribution >= 4 is 8.07 Å². The minimum atomic E-state index is -1.08. The lowest BCUT2D eigenvalue weighted by atomic mass is 10.2. The molecule has 0 spiro atoms. The van der Waals surface area contributed by atoms with Crippen molar-refractivity contribution in [2.24, 2.45) is 0 Å². The van der Waals surface area contributed by atoms with Crippen molar-refractivity contribution in [3.05, 3.63) is 0 Å². The molecule has 3 heteroatoms. The van der Waals surface area contributed by atoms with Crippen molar-refractivity contribution in [3.63, 3.8) is 0 Å². The van der Waals surface area contributed by atoms with Gasteiger partial charge in [0.25, 0.3) is 0 Å². The van der Waals surface area contributed by atoms with E-state index in [1.54, 1.807) is 0 Å². The number of aliphatic hydroxyl groups is 1. The Balaban J connectivity index is 3.58. The highest BCUT2D eigenvalue weighted by atomic mass is 28.3. The van der Waals surface area contributed by atoms with Gasteiger partial charge in [0.2, 0.25) is 0 Å². The van der Waals surface area contributed by atoms with E-state index in [0.717, 1.165) is 13.0 Å². The molecule has 0 aliphatic heterocycles. The fraction of sp³-hybridized carbons (Fsp3) is 1.00. The third-order valence-corrected chi connectivity index (χ3v) is 9.27. The fourth-order valence-electron chi connectivity index (χ4n) is 1.31. The van der Waals surface area contributed by atoms with Crippen molar-refractivity contribution < 1.29 is 9.84 Å². The standard InChI is InChI=1S/C12H28O2Si/c1-12(2,3)15(4,5)11-7-6-9-14-10-8-13/h13H,6-11H2,1-5H3. The van der Waals surface area contributed by atoms with Gasteiger partial charge in [-0.05, 0) is 11.5 Å². The van der Waals surface area contributed by atoms with E-state index in [0.29, 0.717) is 11.6 Å². The molecule has 92 valence electrons. The van der Waals surface area contributed by atoms with Crippen LogP contribution in [0.5, 0.6) is 0 Å². The number of aliphatic hydroxyl groups excluding tert-OH is 1. The maximum atomic E-state index is 8.54. The van der Waals surface area contributed by atoms with Gasteiger partial charge >= 0.3 is 0 Å². The Hall–Kier alpha value is 0.137. The average Bonchev–Trinajstić information content (AvgIpc) is 2.09. The predicted octanol–water partition coefficient (Wildman–Crippen LogP) is 3.28. The molecule has 0 amide bonds. The van der Waals surface area contributed by atoms with Gasteiger partial charge in [0, 0.05) is 6.61 Å². The molecule has 0 rings (SSSR count). The highest BCUT2D eigenvalue weighted by Crippen LogP contribution is 2.39. The molecule has 2 nitrogen and oxygen atoms in total. The smallest absolute Gasteiger partial charge is 0.0697 e. The van der Waals surface area contributed by atoms with Gasteiger partial charge in [-0.2, -0.15) is 0 Å². The summed E-state index contributed by atoms with van der Waals surface area (Å²) in [6.07, 6.45) is 2.40. The molecule has 0 saturated heterocycles. The molecule has 0 fully saturated rings. The third kappa shape index (κ3) is 6.33. The molecular weight excluding hydrogens is 204 g/mol. The van der Waals surface area contributed by atoms with E-state index in [4.69, 9.17) is 9.84 Å². The van der Waals surface area contributed by atoms with Gasteiger partial charge < -0.3 is 9.84 Å². The Morgan fingerprint density at radius 3 is 2.13 bits per heavy atom. The van der Waals surface area contributed by atoms with Crippen LogP contribution < -0.4 is 0 Å².